The van der Waals surface area contributed by atoms with Gasteiger partial charge in [-0.3, -0.25) is 14.4 Å². The predicted octanol–water partition coefficient (Wildman–Crippen LogP) is 3.54. The largest absolute Gasteiger partial charge is 0.489 e. The Hall–Kier alpha value is -2.09. The van der Waals surface area contributed by atoms with Gasteiger partial charge in [-0.2, -0.15) is 5.10 Å². The van der Waals surface area contributed by atoms with Crippen molar-refractivity contribution in [2.75, 3.05) is 33.4 Å². The number of hydrogen-bond acceptors (Lipinski definition) is 5. The van der Waals surface area contributed by atoms with Gasteiger partial charge in [0.1, 0.15) is 11.9 Å². The van der Waals surface area contributed by atoms with Gasteiger partial charge in [0, 0.05) is 56.7 Å². The van der Waals surface area contributed by atoms with Gasteiger partial charge in [-0.15, -0.1) is 0 Å². The van der Waals surface area contributed by atoms with Gasteiger partial charge in [-0.1, -0.05) is 11.6 Å². The molecule has 164 valence electrons. The minimum Gasteiger partial charge on any atom is -0.489 e. The van der Waals surface area contributed by atoms with E-state index in [9.17, 15) is 4.79 Å². The molecular formula is C22H31ClN4O3. The number of halogens is 1. The lowest BCUT2D eigenvalue weighted by Gasteiger charge is -2.32. The summed E-state index contributed by atoms with van der Waals surface area (Å²) in [5.41, 5.74) is 1.76. The molecular weight excluding hydrogens is 404 g/mol. The fourth-order valence-electron chi connectivity index (χ4n) is 3.47. The zero-order valence-electron chi connectivity index (χ0n) is 17.9. The summed E-state index contributed by atoms with van der Waals surface area (Å²) >= 11 is 6.37. The lowest BCUT2D eigenvalue weighted by molar-refractivity contribution is 0.0935. The SMILES string of the molecule is COCCNC(=O)c1ccc(OC2CCN(Cc3cnn(C(C)C)c3)CC2)c(Cl)c1. The van der Waals surface area contributed by atoms with Gasteiger partial charge in [-0.25, -0.2) is 0 Å². The number of hydrogen-bond donors (Lipinski definition) is 1. The van der Waals surface area contributed by atoms with Crippen molar-refractivity contribution < 1.29 is 14.3 Å². The van der Waals surface area contributed by atoms with Crippen molar-refractivity contribution in [1.82, 2.24) is 20.0 Å². The van der Waals surface area contributed by atoms with E-state index in [4.69, 9.17) is 21.1 Å². The molecule has 0 spiro atoms. The Morgan fingerprint density at radius 3 is 2.73 bits per heavy atom. The first-order valence-corrected chi connectivity index (χ1v) is 10.8. The molecule has 1 fully saturated rings. The van der Waals surface area contributed by atoms with Crippen LogP contribution < -0.4 is 10.1 Å². The van der Waals surface area contributed by atoms with Gasteiger partial charge in [0.15, 0.2) is 0 Å². The first-order valence-electron chi connectivity index (χ1n) is 10.4. The molecule has 0 atom stereocenters. The van der Waals surface area contributed by atoms with Crippen LogP contribution in [0.25, 0.3) is 0 Å². The van der Waals surface area contributed by atoms with E-state index in [1.54, 1.807) is 25.3 Å². The number of carbonyl (C=O) groups excluding carboxylic acids is 1. The average molecular weight is 435 g/mol. The van der Waals surface area contributed by atoms with Crippen LogP contribution in [0.4, 0.5) is 0 Å². The summed E-state index contributed by atoms with van der Waals surface area (Å²) in [6.07, 6.45) is 6.08. The maximum absolute atomic E-state index is 12.1. The third kappa shape index (κ3) is 6.20. The first-order chi connectivity index (χ1) is 14.5. The van der Waals surface area contributed by atoms with Gasteiger partial charge in [0.25, 0.3) is 5.91 Å². The smallest absolute Gasteiger partial charge is 0.251 e. The van der Waals surface area contributed by atoms with Crippen molar-refractivity contribution in [2.24, 2.45) is 0 Å². The molecule has 8 heteroatoms. The summed E-state index contributed by atoms with van der Waals surface area (Å²) in [7, 11) is 1.60. The van der Waals surface area contributed by atoms with Crippen LogP contribution in [0.2, 0.25) is 5.02 Å². The van der Waals surface area contributed by atoms with Gasteiger partial charge < -0.3 is 14.8 Å². The van der Waals surface area contributed by atoms with Crippen molar-refractivity contribution in [1.29, 1.82) is 0 Å². The minimum atomic E-state index is -0.172. The first kappa shape index (κ1) is 22.6. The van der Waals surface area contributed by atoms with Crippen LogP contribution in [-0.4, -0.2) is 60.0 Å². The highest BCUT2D eigenvalue weighted by atomic mass is 35.5. The van der Waals surface area contributed by atoms with Gasteiger partial charge in [0.2, 0.25) is 0 Å². The topological polar surface area (TPSA) is 68.6 Å². The molecule has 1 aromatic carbocycles. The highest BCUT2D eigenvalue weighted by molar-refractivity contribution is 6.32. The van der Waals surface area contributed by atoms with Crippen LogP contribution in [-0.2, 0) is 11.3 Å². The number of aromatic nitrogens is 2. The molecule has 1 saturated heterocycles. The third-order valence-electron chi connectivity index (χ3n) is 5.20. The van der Waals surface area contributed by atoms with Crippen LogP contribution in [0.5, 0.6) is 5.75 Å². The molecule has 7 nitrogen and oxygen atoms in total. The lowest BCUT2D eigenvalue weighted by atomic mass is 10.1. The molecule has 3 rings (SSSR count). The van der Waals surface area contributed by atoms with Gasteiger partial charge >= 0.3 is 0 Å². The number of piperidine rings is 1. The second-order valence-corrected chi connectivity index (χ2v) is 8.32. The van der Waals surface area contributed by atoms with Crippen molar-refractivity contribution in [3.8, 4) is 5.75 Å². The number of nitrogens with zero attached hydrogens (tertiary/aromatic N) is 3. The molecule has 0 radical (unpaired) electrons. The van der Waals surface area contributed by atoms with E-state index in [2.05, 4.69) is 35.4 Å². The summed E-state index contributed by atoms with van der Waals surface area (Å²) in [5, 5.41) is 7.66. The van der Waals surface area contributed by atoms with Crippen molar-refractivity contribution in [3.63, 3.8) is 0 Å². The highest BCUT2D eigenvalue weighted by Crippen LogP contribution is 2.28. The maximum atomic E-state index is 12.1. The summed E-state index contributed by atoms with van der Waals surface area (Å²) in [5.74, 6) is 0.455. The Labute approximate surface area is 183 Å². The van der Waals surface area contributed by atoms with E-state index >= 15 is 0 Å². The monoisotopic (exact) mass is 434 g/mol. The molecule has 0 saturated carbocycles. The Balaban J connectivity index is 1.47. The normalized spacial score (nSPS) is 15.5. The molecule has 1 aliphatic rings. The molecule has 0 aliphatic carbocycles. The number of benzene rings is 1. The predicted molar refractivity (Wildman–Crippen MR) is 117 cm³/mol. The minimum absolute atomic E-state index is 0.124. The van der Waals surface area contributed by atoms with Gasteiger partial charge in [-0.05, 0) is 44.9 Å². The van der Waals surface area contributed by atoms with E-state index in [1.165, 1.54) is 5.56 Å². The summed E-state index contributed by atoms with van der Waals surface area (Å²) in [4.78, 5) is 14.5. The van der Waals surface area contributed by atoms with Crippen LogP contribution in [0.1, 0.15) is 48.7 Å². The molecule has 1 aromatic heterocycles. The third-order valence-corrected chi connectivity index (χ3v) is 5.50. The lowest BCUT2D eigenvalue weighted by Crippen LogP contribution is -2.37. The Morgan fingerprint density at radius 2 is 2.10 bits per heavy atom. The van der Waals surface area contributed by atoms with Crippen LogP contribution >= 0.6 is 11.6 Å². The van der Waals surface area contributed by atoms with E-state index < -0.39 is 0 Å². The molecule has 0 bridgehead atoms. The average Bonchev–Trinajstić information content (AvgIpc) is 3.20. The maximum Gasteiger partial charge on any atom is 0.251 e. The molecule has 30 heavy (non-hydrogen) atoms. The summed E-state index contributed by atoms with van der Waals surface area (Å²) in [6.45, 7) is 8.04. The number of amides is 1. The number of ether oxygens (including phenoxy) is 2. The van der Waals surface area contributed by atoms with Crippen LogP contribution in [0.15, 0.2) is 30.6 Å². The standard InChI is InChI=1S/C22H31ClN4O3/c1-16(2)27-15-17(13-25-27)14-26-9-6-19(7-10-26)30-21-5-4-18(12-20(21)23)22(28)24-8-11-29-3/h4-5,12-13,15-16,19H,6-11,14H2,1-3H3,(H,24,28). The molecule has 1 aliphatic heterocycles. The number of rotatable bonds is 9. The Kier molecular flexibility index (Phi) is 8.13. The van der Waals surface area contributed by atoms with E-state index in [1.807, 2.05) is 10.9 Å². The molecule has 2 aromatic rings. The van der Waals surface area contributed by atoms with Crippen LogP contribution in [0.3, 0.4) is 0 Å². The van der Waals surface area contributed by atoms with Crippen LogP contribution in [0, 0.1) is 0 Å². The Morgan fingerprint density at radius 1 is 1.33 bits per heavy atom. The molecule has 0 unspecified atom stereocenters. The van der Waals surface area contributed by atoms with Crippen molar-refractivity contribution in [2.45, 2.75) is 45.4 Å². The van der Waals surface area contributed by atoms with E-state index in [0.29, 0.717) is 35.5 Å². The van der Waals surface area contributed by atoms with Crippen molar-refractivity contribution in [3.05, 3.63) is 46.7 Å². The zero-order valence-corrected chi connectivity index (χ0v) is 18.7. The molecule has 2 heterocycles. The number of likely N-dealkylation sites (tertiary alicyclic amines) is 1. The zero-order chi connectivity index (χ0) is 21.5. The van der Waals surface area contributed by atoms with E-state index in [-0.39, 0.29) is 12.0 Å². The second kappa shape index (κ2) is 10.8. The van der Waals surface area contributed by atoms with E-state index in [0.717, 1.165) is 32.5 Å². The summed E-state index contributed by atoms with van der Waals surface area (Å²) < 4.78 is 13.1. The molecule has 1 amide bonds. The number of methoxy groups -OCH3 is 1. The number of carbonyl (C=O) groups is 1. The van der Waals surface area contributed by atoms with Gasteiger partial charge in [0.05, 0.1) is 17.8 Å². The fourth-order valence-corrected chi connectivity index (χ4v) is 3.70. The Bertz CT molecular complexity index is 832. The highest BCUT2D eigenvalue weighted by Gasteiger charge is 2.22. The quantitative estimate of drug-likeness (QED) is 0.611. The number of nitrogens with one attached hydrogen (secondary N) is 1. The summed E-state index contributed by atoms with van der Waals surface area (Å²) in [6, 6.07) is 5.55. The molecule has 1 N–H and O–H groups in total. The van der Waals surface area contributed by atoms with Crippen molar-refractivity contribution >= 4 is 17.5 Å². The second-order valence-electron chi connectivity index (χ2n) is 7.91. The fraction of sp³-hybridized carbons (Fsp3) is 0.545.